The van der Waals surface area contributed by atoms with Crippen molar-refractivity contribution in [3.8, 4) is 11.3 Å². The lowest BCUT2D eigenvalue weighted by atomic mass is 10.1. The van der Waals surface area contributed by atoms with Crippen molar-refractivity contribution in [3.63, 3.8) is 0 Å². The van der Waals surface area contributed by atoms with Crippen molar-refractivity contribution in [3.05, 3.63) is 65.0 Å². The van der Waals surface area contributed by atoms with Crippen molar-refractivity contribution in [2.75, 3.05) is 24.2 Å². The topological polar surface area (TPSA) is 42.2 Å². The van der Waals surface area contributed by atoms with Crippen molar-refractivity contribution >= 4 is 22.7 Å². The molecule has 0 radical (unpaired) electrons. The van der Waals surface area contributed by atoms with E-state index in [4.69, 9.17) is 10.7 Å². The van der Waals surface area contributed by atoms with Crippen LogP contribution in [0.2, 0.25) is 0 Å². The van der Waals surface area contributed by atoms with Crippen LogP contribution in [0.1, 0.15) is 17.8 Å². The van der Waals surface area contributed by atoms with Gasteiger partial charge in [0, 0.05) is 41.8 Å². The molecule has 3 rings (SSSR count). The monoisotopic (exact) mass is 323 g/mol. The molecule has 3 aromatic rings. The normalized spacial score (nSPS) is 12.1. The van der Waals surface area contributed by atoms with Gasteiger partial charge in [-0.05, 0) is 24.3 Å². The van der Waals surface area contributed by atoms with Gasteiger partial charge in [0.05, 0.1) is 10.7 Å². The minimum absolute atomic E-state index is 0.375. The fourth-order valence-electron chi connectivity index (χ4n) is 2.62. The van der Waals surface area contributed by atoms with Crippen LogP contribution in [0, 0.1) is 0 Å². The van der Waals surface area contributed by atoms with E-state index in [2.05, 4.69) is 54.6 Å². The number of benzene rings is 2. The maximum Gasteiger partial charge on any atom is 0.0978 e. The number of rotatable bonds is 5. The minimum Gasteiger partial charge on any atom is -0.399 e. The first-order valence-electron chi connectivity index (χ1n) is 7.71. The van der Waals surface area contributed by atoms with Gasteiger partial charge in [-0.3, -0.25) is 0 Å². The van der Waals surface area contributed by atoms with Gasteiger partial charge in [0.15, 0.2) is 0 Å². The summed E-state index contributed by atoms with van der Waals surface area (Å²) in [6, 6.07) is 18.3. The van der Waals surface area contributed by atoms with Crippen LogP contribution in [0.3, 0.4) is 0 Å². The standard InChI is InChI=1S/C19H21N3S/c1-14(12-22(2)17-9-4-3-5-10-17)19-21-18(13-23-19)15-7-6-8-16(20)11-15/h3-11,13-14H,12,20H2,1-2H3. The molecule has 3 nitrogen and oxygen atoms in total. The van der Waals surface area contributed by atoms with E-state index in [0.717, 1.165) is 28.5 Å². The number of aromatic nitrogens is 1. The molecule has 1 unspecified atom stereocenters. The molecule has 118 valence electrons. The molecule has 0 bridgehead atoms. The first-order valence-corrected chi connectivity index (χ1v) is 8.59. The molecule has 0 fully saturated rings. The predicted molar refractivity (Wildman–Crippen MR) is 100 cm³/mol. The third kappa shape index (κ3) is 3.71. The fourth-order valence-corrected chi connectivity index (χ4v) is 3.50. The fraction of sp³-hybridized carbons (Fsp3) is 0.211. The Bertz CT molecular complexity index is 767. The van der Waals surface area contributed by atoms with Crippen LogP contribution in [0.5, 0.6) is 0 Å². The molecule has 1 atom stereocenters. The highest BCUT2D eigenvalue weighted by Gasteiger charge is 2.14. The molecule has 0 saturated heterocycles. The molecule has 0 aliphatic rings. The second kappa shape index (κ2) is 6.84. The molecular formula is C19H21N3S. The average molecular weight is 323 g/mol. The van der Waals surface area contributed by atoms with Gasteiger partial charge in [-0.25, -0.2) is 4.98 Å². The van der Waals surface area contributed by atoms with Gasteiger partial charge in [0.25, 0.3) is 0 Å². The van der Waals surface area contributed by atoms with Crippen LogP contribution in [0.15, 0.2) is 60.0 Å². The van der Waals surface area contributed by atoms with Crippen LogP contribution in [0.4, 0.5) is 11.4 Å². The van der Waals surface area contributed by atoms with Gasteiger partial charge in [-0.2, -0.15) is 0 Å². The Morgan fingerprint density at radius 2 is 1.91 bits per heavy atom. The molecule has 2 aromatic carbocycles. The Labute approximate surface area is 141 Å². The summed E-state index contributed by atoms with van der Waals surface area (Å²) in [5.41, 5.74) is 9.95. The van der Waals surface area contributed by atoms with Crippen molar-refractivity contribution in [1.82, 2.24) is 4.98 Å². The molecule has 0 saturated carbocycles. The zero-order valence-corrected chi connectivity index (χ0v) is 14.3. The van der Waals surface area contributed by atoms with Crippen molar-refractivity contribution in [2.24, 2.45) is 0 Å². The number of likely N-dealkylation sites (N-methyl/N-ethyl adjacent to an activating group) is 1. The van der Waals surface area contributed by atoms with Gasteiger partial charge in [0.1, 0.15) is 0 Å². The zero-order valence-electron chi connectivity index (χ0n) is 13.4. The van der Waals surface area contributed by atoms with Gasteiger partial charge >= 0.3 is 0 Å². The molecular weight excluding hydrogens is 302 g/mol. The molecule has 0 aliphatic heterocycles. The molecule has 23 heavy (non-hydrogen) atoms. The number of anilines is 2. The molecule has 1 heterocycles. The Morgan fingerprint density at radius 1 is 1.13 bits per heavy atom. The number of nitrogens with zero attached hydrogens (tertiary/aromatic N) is 2. The maximum atomic E-state index is 5.86. The van der Waals surface area contributed by atoms with Gasteiger partial charge in [-0.1, -0.05) is 37.3 Å². The van der Waals surface area contributed by atoms with E-state index < -0.39 is 0 Å². The first kappa shape index (κ1) is 15.6. The van der Waals surface area contributed by atoms with Crippen molar-refractivity contribution in [2.45, 2.75) is 12.8 Å². The zero-order chi connectivity index (χ0) is 16.2. The Balaban J connectivity index is 1.72. The molecule has 1 aromatic heterocycles. The Kier molecular flexibility index (Phi) is 4.63. The lowest BCUT2D eigenvalue weighted by molar-refractivity contribution is 0.728. The Hall–Kier alpha value is -2.33. The van der Waals surface area contributed by atoms with E-state index in [-0.39, 0.29) is 0 Å². The summed E-state index contributed by atoms with van der Waals surface area (Å²) in [5, 5.41) is 3.27. The number of hydrogen-bond donors (Lipinski definition) is 1. The van der Waals surface area contributed by atoms with Gasteiger partial charge in [0.2, 0.25) is 0 Å². The molecule has 0 spiro atoms. The number of para-hydroxylation sites is 1. The summed E-state index contributed by atoms with van der Waals surface area (Å²) in [7, 11) is 2.12. The SMILES string of the molecule is CC(CN(C)c1ccccc1)c1nc(-c2cccc(N)c2)cs1. The van der Waals surface area contributed by atoms with E-state index in [1.807, 2.05) is 24.3 Å². The highest BCUT2D eigenvalue weighted by atomic mass is 32.1. The van der Waals surface area contributed by atoms with Crippen LogP contribution in [-0.2, 0) is 0 Å². The van der Waals surface area contributed by atoms with Gasteiger partial charge < -0.3 is 10.6 Å². The molecule has 2 N–H and O–H groups in total. The van der Waals surface area contributed by atoms with E-state index in [0.29, 0.717) is 5.92 Å². The smallest absolute Gasteiger partial charge is 0.0978 e. The summed E-state index contributed by atoms with van der Waals surface area (Å²) >= 11 is 1.72. The lowest BCUT2D eigenvalue weighted by Gasteiger charge is -2.22. The third-order valence-corrected chi connectivity index (χ3v) is 4.95. The highest BCUT2D eigenvalue weighted by molar-refractivity contribution is 7.10. The Morgan fingerprint density at radius 3 is 2.65 bits per heavy atom. The van der Waals surface area contributed by atoms with E-state index in [1.165, 1.54) is 5.69 Å². The average Bonchev–Trinajstić information content (AvgIpc) is 3.06. The lowest BCUT2D eigenvalue weighted by Crippen LogP contribution is -2.22. The third-order valence-electron chi connectivity index (χ3n) is 3.87. The summed E-state index contributed by atoms with van der Waals surface area (Å²) in [4.78, 5) is 7.07. The largest absolute Gasteiger partial charge is 0.399 e. The van der Waals surface area contributed by atoms with Crippen LogP contribution in [-0.4, -0.2) is 18.6 Å². The molecule has 0 aliphatic carbocycles. The summed E-state index contributed by atoms with van der Waals surface area (Å²) in [6.45, 7) is 3.16. The van der Waals surface area contributed by atoms with Gasteiger partial charge in [-0.15, -0.1) is 11.3 Å². The van der Waals surface area contributed by atoms with Crippen molar-refractivity contribution in [1.29, 1.82) is 0 Å². The second-order valence-corrected chi connectivity index (χ2v) is 6.70. The van der Waals surface area contributed by atoms with E-state index >= 15 is 0 Å². The first-order chi connectivity index (χ1) is 11.1. The number of nitrogens with two attached hydrogens (primary N) is 1. The van der Waals surface area contributed by atoms with Crippen LogP contribution in [0.25, 0.3) is 11.3 Å². The number of thiazole rings is 1. The van der Waals surface area contributed by atoms with Crippen LogP contribution >= 0.6 is 11.3 Å². The summed E-state index contributed by atoms with van der Waals surface area (Å²) < 4.78 is 0. The second-order valence-electron chi connectivity index (χ2n) is 5.81. The molecule has 0 amide bonds. The minimum atomic E-state index is 0.375. The van der Waals surface area contributed by atoms with E-state index in [9.17, 15) is 0 Å². The van der Waals surface area contributed by atoms with E-state index in [1.54, 1.807) is 11.3 Å². The predicted octanol–water partition coefficient (Wildman–Crippen LogP) is 4.63. The quantitative estimate of drug-likeness (QED) is 0.696. The molecule has 4 heteroatoms. The van der Waals surface area contributed by atoms with Crippen LogP contribution < -0.4 is 10.6 Å². The summed E-state index contributed by atoms with van der Waals surface area (Å²) in [5.74, 6) is 0.375. The highest BCUT2D eigenvalue weighted by Crippen LogP contribution is 2.28. The maximum absolute atomic E-state index is 5.86. The number of hydrogen-bond acceptors (Lipinski definition) is 4. The summed E-state index contributed by atoms with van der Waals surface area (Å²) in [6.07, 6.45) is 0. The number of nitrogen functional groups attached to an aromatic ring is 1. The van der Waals surface area contributed by atoms with Crippen molar-refractivity contribution < 1.29 is 0 Å².